The number of nitrogens with zero attached hydrogens (tertiary/aromatic N) is 1. The molecule has 0 aromatic heterocycles. The number of guanidine groups is 1. The SMILES string of the molecule is CN=C(NCCc1ccccc1F)NC(C)C. The van der Waals surface area contributed by atoms with Gasteiger partial charge >= 0.3 is 0 Å². The molecule has 0 heterocycles. The average Bonchev–Trinajstić information content (AvgIpc) is 2.29. The smallest absolute Gasteiger partial charge is 0.191 e. The van der Waals surface area contributed by atoms with E-state index in [-0.39, 0.29) is 5.82 Å². The van der Waals surface area contributed by atoms with Crippen molar-refractivity contribution in [3.63, 3.8) is 0 Å². The van der Waals surface area contributed by atoms with Crippen molar-refractivity contribution in [2.24, 2.45) is 4.99 Å². The van der Waals surface area contributed by atoms with Crippen molar-refractivity contribution in [1.29, 1.82) is 0 Å². The molecule has 94 valence electrons. The number of aliphatic imine (C=N–C) groups is 1. The summed E-state index contributed by atoms with van der Waals surface area (Å²) in [4.78, 5) is 4.08. The van der Waals surface area contributed by atoms with Crippen molar-refractivity contribution in [2.45, 2.75) is 26.3 Å². The minimum Gasteiger partial charge on any atom is -0.356 e. The van der Waals surface area contributed by atoms with E-state index in [0.717, 1.165) is 11.5 Å². The van der Waals surface area contributed by atoms with Gasteiger partial charge in [-0.25, -0.2) is 4.39 Å². The van der Waals surface area contributed by atoms with Crippen molar-refractivity contribution in [3.8, 4) is 0 Å². The first-order chi connectivity index (χ1) is 8.13. The minimum atomic E-state index is -0.152. The Morgan fingerprint density at radius 1 is 1.35 bits per heavy atom. The fraction of sp³-hybridized carbons (Fsp3) is 0.462. The van der Waals surface area contributed by atoms with Crippen molar-refractivity contribution in [2.75, 3.05) is 13.6 Å². The van der Waals surface area contributed by atoms with Gasteiger partial charge in [-0.05, 0) is 31.9 Å². The standard InChI is InChI=1S/C13H20FN3/c1-10(2)17-13(15-3)16-9-8-11-6-4-5-7-12(11)14/h4-7,10H,8-9H2,1-3H3,(H2,15,16,17). The lowest BCUT2D eigenvalue weighted by Crippen LogP contribution is -2.41. The maximum Gasteiger partial charge on any atom is 0.191 e. The number of benzene rings is 1. The highest BCUT2D eigenvalue weighted by Gasteiger charge is 2.02. The highest BCUT2D eigenvalue weighted by atomic mass is 19.1. The van der Waals surface area contributed by atoms with E-state index >= 15 is 0 Å². The van der Waals surface area contributed by atoms with Crippen molar-refractivity contribution in [3.05, 3.63) is 35.6 Å². The van der Waals surface area contributed by atoms with E-state index in [4.69, 9.17) is 0 Å². The van der Waals surface area contributed by atoms with Gasteiger partial charge in [-0.3, -0.25) is 4.99 Å². The van der Waals surface area contributed by atoms with Crippen molar-refractivity contribution < 1.29 is 4.39 Å². The van der Waals surface area contributed by atoms with Gasteiger partial charge in [0.1, 0.15) is 5.82 Å². The third-order valence-corrected chi connectivity index (χ3v) is 2.29. The summed E-state index contributed by atoms with van der Waals surface area (Å²) >= 11 is 0. The summed E-state index contributed by atoms with van der Waals surface area (Å²) in [5.41, 5.74) is 0.722. The molecule has 2 N–H and O–H groups in total. The molecule has 0 atom stereocenters. The van der Waals surface area contributed by atoms with Crippen molar-refractivity contribution >= 4 is 5.96 Å². The fourth-order valence-corrected chi connectivity index (χ4v) is 1.48. The van der Waals surface area contributed by atoms with Gasteiger partial charge in [0.15, 0.2) is 5.96 Å². The summed E-state index contributed by atoms with van der Waals surface area (Å²) in [5, 5.41) is 6.32. The number of hydrogen-bond acceptors (Lipinski definition) is 1. The Kier molecular flexibility index (Phi) is 5.46. The topological polar surface area (TPSA) is 36.4 Å². The molecule has 0 saturated heterocycles. The normalized spacial score (nSPS) is 11.7. The Hall–Kier alpha value is -1.58. The first-order valence-corrected chi connectivity index (χ1v) is 5.84. The Bertz CT molecular complexity index is 375. The predicted molar refractivity (Wildman–Crippen MR) is 69.7 cm³/mol. The molecule has 17 heavy (non-hydrogen) atoms. The van der Waals surface area contributed by atoms with Gasteiger partial charge < -0.3 is 10.6 Å². The highest BCUT2D eigenvalue weighted by Crippen LogP contribution is 2.05. The zero-order valence-corrected chi connectivity index (χ0v) is 10.6. The van der Waals surface area contributed by atoms with Crippen LogP contribution in [0.5, 0.6) is 0 Å². The van der Waals surface area contributed by atoms with Crippen LogP contribution in [0, 0.1) is 5.82 Å². The van der Waals surface area contributed by atoms with Crippen LogP contribution < -0.4 is 10.6 Å². The number of rotatable bonds is 4. The summed E-state index contributed by atoms with van der Waals surface area (Å²) in [6.07, 6.45) is 0.644. The predicted octanol–water partition coefficient (Wildman–Crippen LogP) is 1.94. The Morgan fingerprint density at radius 3 is 2.65 bits per heavy atom. The first kappa shape index (κ1) is 13.5. The zero-order valence-electron chi connectivity index (χ0n) is 10.6. The van der Waals surface area contributed by atoms with Gasteiger partial charge in [-0.1, -0.05) is 18.2 Å². The highest BCUT2D eigenvalue weighted by molar-refractivity contribution is 5.79. The second-order valence-corrected chi connectivity index (χ2v) is 4.14. The average molecular weight is 237 g/mol. The molecule has 0 radical (unpaired) electrons. The molecule has 0 aliphatic rings. The van der Waals surface area contributed by atoms with Crippen LogP contribution in [0.2, 0.25) is 0 Å². The monoisotopic (exact) mass is 237 g/mol. The fourth-order valence-electron chi connectivity index (χ4n) is 1.48. The molecule has 0 unspecified atom stereocenters. The van der Waals surface area contributed by atoms with Crippen molar-refractivity contribution in [1.82, 2.24) is 10.6 Å². The van der Waals surface area contributed by atoms with Gasteiger partial charge in [0, 0.05) is 19.6 Å². The molecule has 3 nitrogen and oxygen atoms in total. The van der Waals surface area contributed by atoms with Crippen LogP contribution >= 0.6 is 0 Å². The summed E-state index contributed by atoms with van der Waals surface area (Å²) < 4.78 is 13.3. The number of hydrogen-bond donors (Lipinski definition) is 2. The summed E-state index contributed by atoms with van der Waals surface area (Å²) in [7, 11) is 1.72. The van der Waals surface area contributed by atoms with Gasteiger partial charge in [0.25, 0.3) is 0 Å². The van der Waals surface area contributed by atoms with E-state index in [1.54, 1.807) is 19.2 Å². The third-order valence-electron chi connectivity index (χ3n) is 2.29. The molecule has 0 bridgehead atoms. The first-order valence-electron chi connectivity index (χ1n) is 5.84. The summed E-state index contributed by atoms with van der Waals surface area (Å²) in [6, 6.07) is 7.16. The second kappa shape index (κ2) is 6.89. The van der Waals surface area contributed by atoms with Crippen LogP contribution in [-0.4, -0.2) is 25.6 Å². The Balaban J connectivity index is 2.39. The molecular weight excluding hydrogens is 217 g/mol. The van der Waals surface area contributed by atoms with E-state index < -0.39 is 0 Å². The minimum absolute atomic E-state index is 0.152. The van der Waals surface area contributed by atoms with E-state index in [1.165, 1.54) is 6.07 Å². The lowest BCUT2D eigenvalue weighted by molar-refractivity contribution is 0.606. The van der Waals surface area contributed by atoms with Crippen LogP contribution in [-0.2, 0) is 6.42 Å². The lowest BCUT2D eigenvalue weighted by atomic mass is 10.1. The van der Waals surface area contributed by atoms with Crippen LogP contribution in [0.3, 0.4) is 0 Å². The van der Waals surface area contributed by atoms with E-state index in [0.29, 0.717) is 19.0 Å². The molecular formula is C13H20FN3. The van der Waals surface area contributed by atoms with Crippen LogP contribution in [0.1, 0.15) is 19.4 Å². The molecule has 0 aliphatic carbocycles. The Labute approximate surface area is 102 Å². The van der Waals surface area contributed by atoms with Crippen LogP contribution in [0.25, 0.3) is 0 Å². The van der Waals surface area contributed by atoms with Crippen LogP contribution in [0.15, 0.2) is 29.3 Å². The molecule has 1 rings (SSSR count). The second-order valence-electron chi connectivity index (χ2n) is 4.14. The summed E-state index contributed by atoms with van der Waals surface area (Å²) in [6.45, 7) is 4.75. The number of halogens is 1. The summed E-state index contributed by atoms with van der Waals surface area (Å²) in [5.74, 6) is 0.595. The van der Waals surface area contributed by atoms with E-state index in [2.05, 4.69) is 15.6 Å². The molecule has 4 heteroatoms. The Morgan fingerprint density at radius 2 is 2.06 bits per heavy atom. The van der Waals surface area contributed by atoms with Gasteiger partial charge in [0.05, 0.1) is 0 Å². The third kappa shape index (κ3) is 4.85. The maximum atomic E-state index is 13.3. The quantitative estimate of drug-likeness (QED) is 0.620. The maximum absolute atomic E-state index is 13.3. The van der Waals surface area contributed by atoms with Crippen LogP contribution in [0.4, 0.5) is 4.39 Å². The van der Waals surface area contributed by atoms with E-state index in [9.17, 15) is 4.39 Å². The number of nitrogens with one attached hydrogen (secondary N) is 2. The molecule has 0 aliphatic heterocycles. The van der Waals surface area contributed by atoms with Gasteiger partial charge in [0.2, 0.25) is 0 Å². The molecule has 1 aromatic rings. The largest absolute Gasteiger partial charge is 0.356 e. The van der Waals surface area contributed by atoms with Gasteiger partial charge in [-0.2, -0.15) is 0 Å². The molecule has 0 saturated carbocycles. The van der Waals surface area contributed by atoms with E-state index in [1.807, 2.05) is 19.9 Å². The molecule has 0 amide bonds. The molecule has 0 spiro atoms. The lowest BCUT2D eigenvalue weighted by Gasteiger charge is -2.14. The van der Waals surface area contributed by atoms with Gasteiger partial charge in [-0.15, -0.1) is 0 Å². The molecule has 1 aromatic carbocycles. The molecule has 0 fully saturated rings. The zero-order chi connectivity index (χ0) is 12.7.